The molecule has 12 nitrogen and oxygen atoms in total. The van der Waals surface area contributed by atoms with E-state index in [1.165, 1.54) is 25.5 Å². The second-order valence-corrected chi connectivity index (χ2v) is 4.95. The average molecular weight is 374 g/mol. The number of nitro groups is 2. The Balaban J connectivity index is 2.37. The number of non-ortho nitro benzene ring substituents is 1. The number of hydrogen-bond donors (Lipinski definition) is 2. The molecule has 27 heavy (non-hydrogen) atoms. The van der Waals surface area contributed by atoms with Crippen molar-refractivity contribution in [2.45, 2.75) is 0 Å². The van der Waals surface area contributed by atoms with Crippen molar-refractivity contribution in [1.82, 2.24) is 0 Å². The molecule has 12 heteroatoms. The van der Waals surface area contributed by atoms with Crippen LogP contribution in [0.15, 0.2) is 46.6 Å². The third-order valence-corrected chi connectivity index (χ3v) is 3.14. The molecular weight excluding hydrogens is 360 g/mol. The van der Waals surface area contributed by atoms with Crippen LogP contribution < -0.4 is 20.9 Å². The lowest BCUT2D eigenvalue weighted by Crippen LogP contribution is -2.21. The van der Waals surface area contributed by atoms with Crippen LogP contribution in [-0.2, 0) is 0 Å². The van der Waals surface area contributed by atoms with Crippen LogP contribution in [0.5, 0.6) is 17.2 Å². The normalized spacial score (nSPS) is 10.4. The zero-order chi connectivity index (χ0) is 20.0. The molecule has 2 rings (SSSR count). The Kier molecular flexibility index (Phi) is 5.83. The molecule has 0 saturated heterocycles. The number of nitro benzene ring substituents is 2. The van der Waals surface area contributed by atoms with Gasteiger partial charge in [0.25, 0.3) is 5.69 Å². The van der Waals surface area contributed by atoms with E-state index < -0.39 is 21.2 Å². The minimum atomic E-state index is -0.773. The molecule has 0 aromatic heterocycles. The Morgan fingerprint density at radius 3 is 2.33 bits per heavy atom. The highest BCUT2D eigenvalue weighted by Crippen LogP contribution is 2.38. The smallest absolute Gasteiger partial charge is 0.318 e. The van der Waals surface area contributed by atoms with Gasteiger partial charge in [-0.2, -0.15) is 5.10 Å². The van der Waals surface area contributed by atoms with Gasteiger partial charge in [0.2, 0.25) is 11.7 Å². The van der Waals surface area contributed by atoms with Gasteiger partial charge in [-0.05, 0) is 29.8 Å². The molecule has 140 valence electrons. The zero-order valence-electron chi connectivity index (χ0n) is 13.9. The van der Waals surface area contributed by atoms with Crippen LogP contribution >= 0.6 is 0 Å². The fourth-order valence-corrected chi connectivity index (χ4v) is 1.98. The predicted octanol–water partition coefficient (Wildman–Crippen LogP) is 1.91. The molecule has 4 N–H and O–H groups in total. The summed E-state index contributed by atoms with van der Waals surface area (Å²) in [6, 6.07) is 7.67. The van der Waals surface area contributed by atoms with E-state index >= 15 is 0 Å². The van der Waals surface area contributed by atoms with E-state index in [-0.39, 0.29) is 23.2 Å². The molecule has 0 fully saturated rings. The van der Waals surface area contributed by atoms with Crippen LogP contribution in [0.25, 0.3) is 0 Å². The van der Waals surface area contributed by atoms with E-state index in [1.54, 1.807) is 6.07 Å². The number of rotatable bonds is 7. The van der Waals surface area contributed by atoms with Gasteiger partial charge < -0.3 is 20.9 Å². The van der Waals surface area contributed by atoms with Crippen molar-refractivity contribution < 1.29 is 19.3 Å². The lowest BCUT2D eigenvalue weighted by atomic mass is 10.2. The maximum atomic E-state index is 11.2. The van der Waals surface area contributed by atoms with Crippen molar-refractivity contribution in [1.29, 1.82) is 0 Å². The second-order valence-electron chi connectivity index (χ2n) is 4.95. The number of guanidine groups is 1. The summed E-state index contributed by atoms with van der Waals surface area (Å²) >= 11 is 0. The SMILES string of the molecule is COc1cc(/C=N\N=C(N)N)ccc1Oc1ccc([N+](=O)[O-])cc1[N+](=O)[O-]. The van der Waals surface area contributed by atoms with E-state index in [9.17, 15) is 20.2 Å². The van der Waals surface area contributed by atoms with E-state index in [2.05, 4.69) is 10.2 Å². The molecule has 2 aromatic carbocycles. The highest BCUT2D eigenvalue weighted by Gasteiger charge is 2.22. The van der Waals surface area contributed by atoms with Crippen LogP contribution in [0.3, 0.4) is 0 Å². The Morgan fingerprint density at radius 1 is 1.04 bits per heavy atom. The average Bonchev–Trinajstić information content (AvgIpc) is 2.62. The van der Waals surface area contributed by atoms with E-state index in [0.29, 0.717) is 5.56 Å². The van der Waals surface area contributed by atoms with Crippen LogP contribution in [0.1, 0.15) is 5.56 Å². The Bertz CT molecular complexity index is 938. The summed E-state index contributed by atoms with van der Waals surface area (Å²) < 4.78 is 10.7. The third-order valence-electron chi connectivity index (χ3n) is 3.14. The molecule has 0 aliphatic rings. The lowest BCUT2D eigenvalue weighted by Gasteiger charge is -2.11. The van der Waals surface area contributed by atoms with Gasteiger partial charge in [-0.25, -0.2) is 0 Å². The van der Waals surface area contributed by atoms with E-state index in [4.69, 9.17) is 20.9 Å². The number of nitrogens with zero attached hydrogens (tertiary/aromatic N) is 4. The molecule has 0 heterocycles. The van der Waals surface area contributed by atoms with Crippen molar-refractivity contribution >= 4 is 23.5 Å². The molecule has 0 spiro atoms. The molecule has 0 aliphatic carbocycles. The summed E-state index contributed by atoms with van der Waals surface area (Å²) in [4.78, 5) is 20.5. The summed E-state index contributed by atoms with van der Waals surface area (Å²) in [5.74, 6) is 0.0271. The molecule has 0 amide bonds. The first kappa shape index (κ1) is 19.1. The van der Waals surface area contributed by atoms with Crippen LogP contribution in [0.2, 0.25) is 0 Å². The zero-order valence-corrected chi connectivity index (χ0v) is 13.9. The first-order valence-corrected chi connectivity index (χ1v) is 7.22. The molecule has 0 unspecified atom stereocenters. The van der Waals surface area contributed by atoms with Gasteiger partial charge in [-0.1, -0.05) is 0 Å². The Morgan fingerprint density at radius 2 is 1.74 bits per heavy atom. The summed E-state index contributed by atoms with van der Waals surface area (Å²) in [5.41, 5.74) is 9.92. The molecule has 0 bridgehead atoms. The fraction of sp³-hybridized carbons (Fsp3) is 0.0667. The number of benzene rings is 2. The first-order chi connectivity index (χ1) is 12.8. The largest absolute Gasteiger partial charge is 0.493 e. The maximum absolute atomic E-state index is 11.2. The minimum Gasteiger partial charge on any atom is -0.493 e. The monoisotopic (exact) mass is 374 g/mol. The molecule has 0 saturated carbocycles. The van der Waals surface area contributed by atoms with Gasteiger partial charge >= 0.3 is 5.69 Å². The van der Waals surface area contributed by atoms with E-state index in [1.807, 2.05) is 0 Å². The number of methoxy groups -OCH3 is 1. The molecule has 0 atom stereocenters. The fourth-order valence-electron chi connectivity index (χ4n) is 1.98. The van der Waals surface area contributed by atoms with Crippen molar-refractivity contribution in [3.8, 4) is 17.2 Å². The third kappa shape index (κ3) is 4.88. The van der Waals surface area contributed by atoms with Crippen LogP contribution in [0, 0.1) is 20.2 Å². The molecule has 0 aliphatic heterocycles. The number of hydrogen-bond acceptors (Lipinski definition) is 8. The quantitative estimate of drug-likeness (QED) is 0.319. The Labute approximate surface area is 152 Å². The second kappa shape index (κ2) is 8.24. The molecule has 2 aromatic rings. The van der Waals surface area contributed by atoms with Gasteiger partial charge in [0.05, 0.1) is 29.2 Å². The molecular formula is C15H14N6O6. The summed E-state index contributed by atoms with van der Waals surface area (Å²) in [6.45, 7) is 0. The standard InChI is InChI=1S/C15H14N6O6/c1-26-14-6-9(8-18-19-15(16)17)2-4-13(14)27-12-5-3-10(20(22)23)7-11(12)21(24)25/h2-8H,1H3,(H4,16,17,19)/b18-8-. The van der Waals surface area contributed by atoms with Gasteiger partial charge in [0.15, 0.2) is 11.5 Å². The first-order valence-electron chi connectivity index (χ1n) is 7.22. The van der Waals surface area contributed by atoms with E-state index in [0.717, 1.165) is 18.2 Å². The van der Waals surface area contributed by atoms with Crippen molar-refractivity contribution in [3.05, 3.63) is 62.2 Å². The Hall–Kier alpha value is -4.22. The summed E-state index contributed by atoms with van der Waals surface area (Å²) in [7, 11) is 1.38. The summed E-state index contributed by atoms with van der Waals surface area (Å²) in [5, 5.41) is 29.1. The van der Waals surface area contributed by atoms with Crippen LogP contribution in [0.4, 0.5) is 11.4 Å². The van der Waals surface area contributed by atoms with Gasteiger partial charge in [0, 0.05) is 6.07 Å². The number of nitrogens with two attached hydrogens (primary N) is 2. The summed E-state index contributed by atoms with van der Waals surface area (Å²) in [6.07, 6.45) is 1.36. The minimum absolute atomic E-state index is 0.161. The number of ether oxygens (including phenoxy) is 2. The van der Waals surface area contributed by atoms with Crippen molar-refractivity contribution in [2.75, 3.05) is 7.11 Å². The highest BCUT2D eigenvalue weighted by atomic mass is 16.6. The highest BCUT2D eigenvalue weighted by molar-refractivity contribution is 5.82. The van der Waals surface area contributed by atoms with Crippen LogP contribution in [-0.4, -0.2) is 29.1 Å². The predicted molar refractivity (Wildman–Crippen MR) is 96.2 cm³/mol. The van der Waals surface area contributed by atoms with Crippen molar-refractivity contribution in [2.24, 2.45) is 21.7 Å². The van der Waals surface area contributed by atoms with Gasteiger partial charge in [-0.15, -0.1) is 5.10 Å². The molecule has 0 radical (unpaired) electrons. The van der Waals surface area contributed by atoms with Gasteiger partial charge in [-0.3, -0.25) is 20.2 Å². The maximum Gasteiger partial charge on any atom is 0.318 e. The lowest BCUT2D eigenvalue weighted by molar-refractivity contribution is -0.394. The van der Waals surface area contributed by atoms with Crippen molar-refractivity contribution in [3.63, 3.8) is 0 Å². The van der Waals surface area contributed by atoms with Gasteiger partial charge in [0.1, 0.15) is 0 Å². The topological polar surface area (TPSA) is 182 Å².